The van der Waals surface area contributed by atoms with Crippen LogP contribution >= 0.6 is 0 Å². The molecule has 0 amide bonds. The van der Waals surface area contributed by atoms with E-state index in [0.29, 0.717) is 5.69 Å². The van der Waals surface area contributed by atoms with E-state index < -0.39 is 17.4 Å². The molecule has 0 aliphatic heterocycles. The van der Waals surface area contributed by atoms with Gasteiger partial charge in [0.25, 0.3) is 0 Å². The molecule has 1 aromatic heterocycles. The number of ether oxygens (including phenoxy) is 1. The van der Waals surface area contributed by atoms with Gasteiger partial charge in [-0.3, -0.25) is 9.78 Å². The van der Waals surface area contributed by atoms with Gasteiger partial charge in [0.2, 0.25) is 0 Å². The SMILES string of the molecule is CC(C)(C)OC(=O)Cc1cc(F)ccn1. The summed E-state index contributed by atoms with van der Waals surface area (Å²) in [5.74, 6) is -0.802. The Balaban J connectivity index is 2.59. The number of carbonyl (C=O) groups excluding carboxylic acids is 1. The molecule has 4 heteroatoms. The summed E-state index contributed by atoms with van der Waals surface area (Å²) in [7, 11) is 0. The third kappa shape index (κ3) is 4.54. The van der Waals surface area contributed by atoms with Gasteiger partial charge in [-0.15, -0.1) is 0 Å². The molecule has 3 nitrogen and oxygen atoms in total. The maximum Gasteiger partial charge on any atom is 0.312 e. The second-order valence-corrected chi connectivity index (χ2v) is 4.23. The lowest BCUT2D eigenvalue weighted by Crippen LogP contribution is -2.25. The largest absolute Gasteiger partial charge is 0.460 e. The minimum Gasteiger partial charge on any atom is -0.460 e. The molecule has 1 rings (SSSR count). The molecule has 0 aliphatic carbocycles. The Morgan fingerprint density at radius 3 is 2.73 bits per heavy atom. The fourth-order valence-electron chi connectivity index (χ4n) is 1.07. The highest BCUT2D eigenvalue weighted by atomic mass is 19.1. The van der Waals surface area contributed by atoms with E-state index in [2.05, 4.69) is 4.98 Å². The molecule has 0 aliphatic rings. The summed E-state index contributed by atoms with van der Waals surface area (Å²) in [5.41, 5.74) is -0.144. The smallest absolute Gasteiger partial charge is 0.312 e. The molecule has 0 unspecified atom stereocenters. The van der Waals surface area contributed by atoms with Crippen LogP contribution in [-0.4, -0.2) is 16.6 Å². The monoisotopic (exact) mass is 211 g/mol. The van der Waals surface area contributed by atoms with E-state index in [4.69, 9.17) is 4.74 Å². The first kappa shape index (κ1) is 11.6. The number of aromatic nitrogens is 1. The lowest BCUT2D eigenvalue weighted by atomic mass is 10.2. The van der Waals surface area contributed by atoms with Crippen LogP contribution in [0.15, 0.2) is 18.3 Å². The Morgan fingerprint density at radius 2 is 2.20 bits per heavy atom. The molecule has 0 saturated carbocycles. The van der Waals surface area contributed by atoms with Crippen molar-refractivity contribution in [2.45, 2.75) is 32.8 Å². The van der Waals surface area contributed by atoms with Crippen molar-refractivity contribution in [2.24, 2.45) is 0 Å². The quantitative estimate of drug-likeness (QED) is 0.703. The summed E-state index contributed by atoms with van der Waals surface area (Å²) in [6, 6.07) is 2.46. The standard InChI is InChI=1S/C11H14FNO2/c1-11(2,3)15-10(14)7-9-6-8(12)4-5-13-9/h4-6H,7H2,1-3H3. The van der Waals surface area contributed by atoms with Crippen LogP contribution in [0.3, 0.4) is 0 Å². The number of pyridine rings is 1. The Morgan fingerprint density at radius 1 is 1.53 bits per heavy atom. The molecule has 0 bridgehead atoms. The second kappa shape index (κ2) is 4.38. The minimum absolute atomic E-state index is 0.00493. The lowest BCUT2D eigenvalue weighted by molar-refractivity contribution is -0.153. The average molecular weight is 211 g/mol. The van der Waals surface area contributed by atoms with Crippen molar-refractivity contribution in [3.05, 3.63) is 29.8 Å². The molecule has 0 spiro atoms. The third-order valence-electron chi connectivity index (χ3n) is 1.52. The van der Waals surface area contributed by atoms with Crippen LogP contribution in [-0.2, 0) is 16.0 Å². The molecule has 0 saturated heterocycles. The Bertz CT molecular complexity index is 358. The zero-order valence-corrected chi connectivity index (χ0v) is 9.08. The molecule has 0 fully saturated rings. The van der Waals surface area contributed by atoms with Crippen LogP contribution < -0.4 is 0 Å². The number of hydrogen-bond donors (Lipinski definition) is 0. The highest BCUT2D eigenvalue weighted by Crippen LogP contribution is 2.09. The first-order valence-corrected chi connectivity index (χ1v) is 4.69. The first-order chi connectivity index (χ1) is 6.87. The lowest BCUT2D eigenvalue weighted by Gasteiger charge is -2.19. The Hall–Kier alpha value is -1.45. The highest BCUT2D eigenvalue weighted by molar-refractivity contribution is 5.72. The van der Waals surface area contributed by atoms with E-state index in [1.54, 1.807) is 20.8 Å². The molecule has 0 N–H and O–H groups in total. The van der Waals surface area contributed by atoms with Crippen molar-refractivity contribution in [3.8, 4) is 0 Å². The number of esters is 1. The van der Waals surface area contributed by atoms with E-state index in [-0.39, 0.29) is 6.42 Å². The zero-order chi connectivity index (χ0) is 11.5. The molecule has 1 aromatic rings. The van der Waals surface area contributed by atoms with E-state index >= 15 is 0 Å². The van der Waals surface area contributed by atoms with Crippen molar-refractivity contribution in [3.63, 3.8) is 0 Å². The fraction of sp³-hybridized carbons (Fsp3) is 0.455. The number of halogens is 1. The van der Waals surface area contributed by atoms with Gasteiger partial charge in [0, 0.05) is 6.20 Å². The van der Waals surface area contributed by atoms with Crippen LogP contribution in [0.5, 0.6) is 0 Å². The summed E-state index contributed by atoms with van der Waals surface area (Å²) < 4.78 is 17.8. The van der Waals surface area contributed by atoms with Crippen molar-refractivity contribution >= 4 is 5.97 Å². The second-order valence-electron chi connectivity index (χ2n) is 4.23. The van der Waals surface area contributed by atoms with Crippen LogP contribution in [0.2, 0.25) is 0 Å². The summed E-state index contributed by atoms with van der Waals surface area (Å²) in [6.45, 7) is 5.34. The van der Waals surface area contributed by atoms with E-state index in [9.17, 15) is 9.18 Å². The van der Waals surface area contributed by atoms with Gasteiger partial charge in [0.05, 0.1) is 12.1 Å². The molecular weight excluding hydrogens is 197 g/mol. The summed E-state index contributed by atoms with van der Waals surface area (Å²) in [4.78, 5) is 15.2. The van der Waals surface area contributed by atoms with Crippen LogP contribution in [0.25, 0.3) is 0 Å². The molecule has 15 heavy (non-hydrogen) atoms. The Kier molecular flexibility index (Phi) is 3.39. The van der Waals surface area contributed by atoms with Crippen molar-refractivity contribution < 1.29 is 13.9 Å². The molecular formula is C11H14FNO2. The van der Waals surface area contributed by atoms with Gasteiger partial charge in [-0.1, -0.05) is 0 Å². The molecule has 82 valence electrons. The topological polar surface area (TPSA) is 39.2 Å². The average Bonchev–Trinajstić information content (AvgIpc) is 1.99. The number of nitrogens with zero attached hydrogens (tertiary/aromatic N) is 1. The van der Waals surface area contributed by atoms with Gasteiger partial charge in [0.1, 0.15) is 11.4 Å². The van der Waals surface area contributed by atoms with Gasteiger partial charge in [-0.05, 0) is 32.9 Å². The predicted molar refractivity (Wildman–Crippen MR) is 53.7 cm³/mol. The predicted octanol–water partition coefficient (Wildman–Crippen LogP) is 2.10. The van der Waals surface area contributed by atoms with Gasteiger partial charge in [-0.2, -0.15) is 0 Å². The van der Waals surface area contributed by atoms with Crippen molar-refractivity contribution in [2.75, 3.05) is 0 Å². The fourth-order valence-corrected chi connectivity index (χ4v) is 1.07. The number of rotatable bonds is 2. The van der Waals surface area contributed by atoms with Crippen molar-refractivity contribution in [1.29, 1.82) is 0 Å². The molecule has 0 atom stereocenters. The zero-order valence-electron chi connectivity index (χ0n) is 9.08. The maximum atomic E-state index is 12.8. The normalized spacial score (nSPS) is 11.2. The summed E-state index contributed by atoms with van der Waals surface area (Å²) in [5, 5.41) is 0. The van der Waals surface area contributed by atoms with E-state index in [1.807, 2.05) is 0 Å². The van der Waals surface area contributed by atoms with Crippen LogP contribution in [0.1, 0.15) is 26.5 Å². The molecule has 0 aromatic carbocycles. The first-order valence-electron chi connectivity index (χ1n) is 4.69. The van der Waals surface area contributed by atoms with E-state index in [0.717, 1.165) is 0 Å². The van der Waals surface area contributed by atoms with Gasteiger partial charge >= 0.3 is 5.97 Å². The van der Waals surface area contributed by atoms with Gasteiger partial charge < -0.3 is 4.74 Å². The summed E-state index contributed by atoms with van der Waals surface area (Å²) in [6.07, 6.45) is 1.32. The minimum atomic E-state index is -0.523. The van der Waals surface area contributed by atoms with Gasteiger partial charge in [-0.25, -0.2) is 4.39 Å². The number of carbonyl (C=O) groups is 1. The highest BCUT2D eigenvalue weighted by Gasteiger charge is 2.16. The van der Waals surface area contributed by atoms with Crippen molar-refractivity contribution in [1.82, 2.24) is 4.98 Å². The van der Waals surface area contributed by atoms with E-state index in [1.165, 1.54) is 18.3 Å². The van der Waals surface area contributed by atoms with Gasteiger partial charge in [0.15, 0.2) is 0 Å². The molecule has 0 radical (unpaired) electrons. The van der Waals surface area contributed by atoms with Crippen LogP contribution in [0, 0.1) is 5.82 Å². The maximum absolute atomic E-state index is 12.8. The summed E-state index contributed by atoms with van der Waals surface area (Å²) >= 11 is 0. The molecule has 1 heterocycles. The number of hydrogen-bond acceptors (Lipinski definition) is 3. The third-order valence-corrected chi connectivity index (χ3v) is 1.52. The Labute approximate surface area is 88.3 Å². The van der Waals surface area contributed by atoms with Crippen LogP contribution in [0.4, 0.5) is 4.39 Å².